The molecule has 188 valence electrons. The lowest BCUT2D eigenvalue weighted by Gasteiger charge is -2.27. The molecule has 1 aliphatic rings. The first kappa shape index (κ1) is 25.3. The van der Waals surface area contributed by atoms with Crippen LogP contribution in [-0.2, 0) is 13.1 Å². The van der Waals surface area contributed by atoms with Gasteiger partial charge in [0, 0.05) is 18.8 Å². The van der Waals surface area contributed by atoms with Gasteiger partial charge >= 0.3 is 0 Å². The van der Waals surface area contributed by atoms with E-state index >= 15 is 0 Å². The molecule has 1 aromatic heterocycles. The number of aromatic nitrogens is 2. The summed E-state index contributed by atoms with van der Waals surface area (Å²) >= 11 is 0. The number of benzene rings is 2. The molecule has 2 heterocycles. The van der Waals surface area contributed by atoms with Crippen molar-refractivity contribution in [3.8, 4) is 11.5 Å². The van der Waals surface area contributed by atoms with Crippen LogP contribution in [0.15, 0.2) is 48.5 Å². The standard InChI is InChI=1S/C29H39N3O3/c1-22-9-10-28(23(2)17-22)35-21-29(33)11-6-13-31(14-12-29)20-26-7-5-8-27(19-26)34-16-15-32-25(4)18-24(3)30-32/h5,7-10,17-19,33H,6,11-16,20-21H2,1-4H3/t29-/m1/s1. The third-order valence-electron chi connectivity index (χ3n) is 6.82. The van der Waals surface area contributed by atoms with E-state index in [1.807, 2.05) is 23.7 Å². The van der Waals surface area contributed by atoms with E-state index in [4.69, 9.17) is 9.47 Å². The predicted octanol–water partition coefficient (Wildman–Crippen LogP) is 4.99. The molecule has 2 aromatic carbocycles. The molecular formula is C29H39N3O3. The van der Waals surface area contributed by atoms with Crippen molar-refractivity contribution in [1.29, 1.82) is 0 Å². The first-order chi connectivity index (χ1) is 16.8. The maximum Gasteiger partial charge on any atom is 0.122 e. The molecular weight excluding hydrogens is 438 g/mol. The molecule has 0 bridgehead atoms. The summed E-state index contributed by atoms with van der Waals surface area (Å²) in [5, 5.41) is 15.7. The molecule has 1 fully saturated rings. The SMILES string of the molecule is Cc1ccc(OC[C@@]2(O)CCCN(Cc3cccc(OCCn4nc(C)cc4C)c3)CC2)c(C)c1. The molecule has 6 heteroatoms. The molecule has 0 radical (unpaired) electrons. The number of aliphatic hydroxyl groups is 1. The van der Waals surface area contributed by atoms with Crippen LogP contribution < -0.4 is 9.47 Å². The summed E-state index contributed by atoms with van der Waals surface area (Å²) in [5.41, 5.74) is 4.95. The topological polar surface area (TPSA) is 59.8 Å². The van der Waals surface area contributed by atoms with Gasteiger partial charge in [-0.1, -0.05) is 29.8 Å². The second kappa shape index (κ2) is 11.3. The number of nitrogens with zero attached hydrogens (tertiary/aromatic N) is 3. The van der Waals surface area contributed by atoms with Crippen molar-refractivity contribution in [3.63, 3.8) is 0 Å². The molecule has 1 N–H and O–H groups in total. The lowest BCUT2D eigenvalue weighted by molar-refractivity contribution is -0.0170. The summed E-state index contributed by atoms with van der Waals surface area (Å²) in [6, 6.07) is 16.6. The Bertz CT molecular complexity index is 1130. The molecule has 1 atom stereocenters. The lowest BCUT2D eigenvalue weighted by Crippen LogP contribution is -2.37. The van der Waals surface area contributed by atoms with Crippen LogP contribution in [0.25, 0.3) is 0 Å². The molecule has 4 rings (SSSR count). The minimum atomic E-state index is -0.792. The fourth-order valence-electron chi connectivity index (χ4n) is 4.85. The first-order valence-corrected chi connectivity index (χ1v) is 12.7. The predicted molar refractivity (Wildman–Crippen MR) is 139 cm³/mol. The second-order valence-corrected chi connectivity index (χ2v) is 10.1. The van der Waals surface area contributed by atoms with E-state index in [1.165, 1.54) is 11.1 Å². The summed E-state index contributed by atoms with van der Waals surface area (Å²) in [5.74, 6) is 1.75. The number of hydrogen-bond acceptors (Lipinski definition) is 5. The van der Waals surface area contributed by atoms with Crippen LogP contribution in [0.5, 0.6) is 11.5 Å². The minimum absolute atomic E-state index is 0.337. The van der Waals surface area contributed by atoms with Crippen molar-refractivity contribution < 1.29 is 14.6 Å². The van der Waals surface area contributed by atoms with Crippen LogP contribution in [0.4, 0.5) is 0 Å². The Balaban J connectivity index is 1.27. The quantitative estimate of drug-likeness (QED) is 0.470. The Morgan fingerprint density at radius 1 is 0.971 bits per heavy atom. The lowest BCUT2D eigenvalue weighted by atomic mass is 9.96. The number of hydrogen-bond donors (Lipinski definition) is 1. The summed E-state index contributed by atoms with van der Waals surface area (Å²) in [6.45, 7) is 12.5. The number of aryl methyl sites for hydroxylation is 4. The zero-order valence-corrected chi connectivity index (χ0v) is 21.6. The Kier molecular flexibility index (Phi) is 8.14. The molecule has 0 spiro atoms. The maximum absolute atomic E-state index is 11.2. The average molecular weight is 478 g/mol. The molecule has 35 heavy (non-hydrogen) atoms. The summed E-state index contributed by atoms with van der Waals surface area (Å²) in [6.07, 6.45) is 2.41. The van der Waals surface area contributed by atoms with E-state index in [0.717, 1.165) is 67.5 Å². The van der Waals surface area contributed by atoms with E-state index in [2.05, 4.69) is 67.2 Å². The molecule has 1 saturated heterocycles. The van der Waals surface area contributed by atoms with Crippen molar-refractivity contribution in [2.45, 2.75) is 65.6 Å². The van der Waals surface area contributed by atoms with Gasteiger partial charge in [0.25, 0.3) is 0 Å². The fraction of sp³-hybridized carbons (Fsp3) is 0.483. The van der Waals surface area contributed by atoms with Gasteiger partial charge in [-0.05, 0) is 88.9 Å². The highest BCUT2D eigenvalue weighted by Crippen LogP contribution is 2.27. The van der Waals surface area contributed by atoms with E-state index in [-0.39, 0.29) is 0 Å². The van der Waals surface area contributed by atoms with Crippen LogP contribution >= 0.6 is 0 Å². The zero-order chi connectivity index (χ0) is 24.8. The van der Waals surface area contributed by atoms with Gasteiger partial charge in [-0.2, -0.15) is 5.10 Å². The van der Waals surface area contributed by atoms with Crippen LogP contribution in [0.1, 0.15) is 47.3 Å². The average Bonchev–Trinajstić information content (AvgIpc) is 3.02. The smallest absolute Gasteiger partial charge is 0.122 e. The van der Waals surface area contributed by atoms with Crippen molar-refractivity contribution >= 4 is 0 Å². The molecule has 0 saturated carbocycles. The van der Waals surface area contributed by atoms with E-state index < -0.39 is 5.60 Å². The highest BCUT2D eigenvalue weighted by atomic mass is 16.5. The van der Waals surface area contributed by atoms with Gasteiger partial charge in [-0.3, -0.25) is 9.58 Å². The maximum atomic E-state index is 11.2. The van der Waals surface area contributed by atoms with E-state index in [9.17, 15) is 5.11 Å². The summed E-state index contributed by atoms with van der Waals surface area (Å²) < 4.78 is 14.1. The van der Waals surface area contributed by atoms with Gasteiger partial charge in [0.05, 0.1) is 17.8 Å². The Labute approximate surface area is 209 Å². The number of ether oxygens (including phenoxy) is 2. The van der Waals surface area contributed by atoms with Gasteiger partial charge in [-0.25, -0.2) is 0 Å². The van der Waals surface area contributed by atoms with Crippen molar-refractivity contribution in [2.24, 2.45) is 0 Å². The zero-order valence-electron chi connectivity index (χ0n) is 21.6. The van der Waals surface area contributed by atoms with Crippen molar-refractivity contribution in [3.05, 3.63) is 76.6 Å². The molecule has 6 nitrogen and oxygen atoms in total. The fourth-order valence-corrected chi connectivity index (χ4v) is 4.85. The largest absolute Gasteiger partial charge is 0.492 e. The number of rotatable bonds is 9. The van der Waals surface area contributed by atoms with Gasteiger partial charge < -0.3 is 14.6 Å². The summed E-state index contributed by atoms with van der Waals surface area (Å²) in [4.78, 5) is 2.42. The third kappa shape index (κ3) is 7.09. The second-order valence-electron chi connectivity index (χ2n) is 10.1. The van der Waals surface area contributed by atoms with Crippen molar-refractivity contribution in [1.82, 2.24) is 14.7 Å². The van der Waals surface area contributed by atoms with Gasteiger partial charge in [0.15, 0.2) is 0 Å². The Morgan fingerprint density at radius 2 is 1.83 bits per heavy atom. The minimum Gasteiger partial charge on any atom is -0.492 e. The molecule has 0 unspecified atom stereocenters. The normalized spacial score (nSPS) is 18.9. The number of likely N-dealkylation sites (tertiary alicyclic amines) is 1. The molecule has 3 aromatic rings. The molecule has 0 amide bonds. The Morgan fingerprint density at radius 3 is 2.60 bits per heavy atom. The van der Waals surface area contributed by atoms with Crippen molar-refractivity contribution in [2.75, 3.05) is 26.3 Å². The van der Waals surface area contributed by atoms with E-state index in [1.54, 1.807) is 0 Å². The third-order valence-corrected chi connectivity index (χ3v) is 6.82. The van der Waals surface area contributed by atoms with Crippen LogP contribution in [0, 0.1) is 27.7 Å². The van der Waals surface area contributed by atoms with Crippen LogP contribution in [0.3, 0.4) is 0 Å². The van der Waals surface area contributed by atoms with E-state index in [0.29, 0.717) is 19.6 Å². The highest BCUT2D eigenvalue weighted by molar-refractivity contribution is 5.35. The van der Waals surface area contributed by atoms with Crippen LogP contribution in [0.2, 0.25) is 0 Å². The van der Waals surface area contributed by atoms with Gasteiger partial charge in [0.1, 0.15) is 24.7 Å². The van der Waals surface area contributed by atoms with Gasteiger partial charge in [-0.15, -0.1) is 0 Å². The monoisotopic (exact) mass is 477 g/mol. The Hall–Kier alpha value is -2.83. The molecule has 0 aliphatic carbocycles. The summed E-state index contributed by atoms with van der Waals surface area (Å²) in [7, 11) is 0. The van der Waals surface area contributed by atoms with Gasteiger partial charge in [0.2, 0.25) is 0 Å². The van der Waals surface area contributed by atoms with Crippen LogP contribution in [-0.4, -0.2) is 51.7 Å². The molecule has 1 aliphatic heterocycles. The first-order valence-electron chi connectivity index (χ1n) is 12.7. The highest BCUT2D eigenvalue weighted by Gasteiger charge is 2.31.